The zero-order chi connectivity index (χ0) is 15.1. The lowest BCUT2D eigenvalue weighted by Gasteiger charge is -2.09. The van der Waals surface area contributed by atoms with Crippen LogP contribution < -0.4 is 5.32 Å². The summed E-state index contributed by atoms with van der Waals surface area (Å²) in [5.74, 6) is 0.0747. The summed E-state index contributed by atoms with van der Waals surface area (Å²) < 4.78 is 10.1. The van der Waals surface area contributed by atoms with Crippen molar-refractivity contribution in [1.82, 2.24) is 10.3 Å². The molecule has 21 heavy (non-hydrogen) atoms. The molecule has 6 heteroatoms. The van der Waals surface area contributed by atoms with Gasteiger partial charge in [0.15, 0.2) is 5.69 Å². The zero-order valence-corrected chi connectivity index (χ0v) is 11.8. The first kappa shape index (κ1) is 15.2. The van der Waals surface area contributed by atoms with E-state index in [2.05, 4.69) is 10.3 Å². The predicted molar refractivity (Wildman–Crippen MR) is 76.8 cm³/mol. The maximum absolute atomic E-state index is 11.9. The molecule has 1 aromatic carbocycles. The molecule has 0 radical (unpaired) electrons. The van der Waals surface area contributed by atoms with Gasteiger partial charge in [-0.1, -0.05) is 18.2 Å². The van der Waals surface area contributed by atoms with Crippen LogP contribution in [0.25, 0.3) is 11.5 Å². The molecular formula is C15H18N2O4. The lowest BCUT2D eigenvalue weighted by atomic mass is 10.2. The van der Waals surface area contributed by atoms with E-state index in [-0.39, 0.29) is 18.2 Å². The van der Waals surface area contributed by atoms with E-state index < -0.39 is 6.10 Å². The molecule has 1 amide bonds. The Balaban J connectivity index is 1.88. The minimum atomic E-state index is -0.590. The number of nitrogens with one attached hydrogen (secondary N) is 1. The number of ether oxygens (including phenoxy) is 1. The molecule has 0 bridgehead atoms. The molecule has 2 rings (SSSR count). The fraction of sp³-hybridized carbons (Fsp3) is 0.333. The molecule has 2 aromatic rings. The van der Waals surface area contributed by atoms with Crippen LogP contribution in [0.5, 0.6) is 0 Å². The van der Waals surface area contributed by atoms with E-state index >= 15 is 0 Å². The van der Waals surface area contributed by atoms with Crippen molar-refractivity contribution in [3.63, 3.8) is 0 Å². The summed E-state index contributed by atoms with van der Waals surface area (Å²) in [4.78, 5) is 16.0. The molecule has 1 atom stereocenters. The number of amides is 1. The number of aliphatic hydroxyl groups excluding tert-OH is 1. The lowest BCUT2D eigenvalue weighted by molar-refractivity contribution is 0.0587. The van der Waals surface area contributed by atoms with Gasteiger partial charge in [0.1, 0.15) is 6.26 Å². The summed E-state index contributed by atoms with van der Waals surface area (Å²) in [6, 6.07) is 9.35. The highest BCUT2D eigenvalue weighted by Crippen LogP contribution is 2.17. The second-order valence-electron chi connectivity index (χ2n) is 4.56. The Kier molecular flexibility index (Phi) is 5.48. The first-order valence-corrected chi connectivity index (χ1v) is 6.67. The Labute approximate surface area is 122 Å². The summed E-state index contributed by atoms with van der Waals surface area (Å²) in [6.07, 6.45) is 1.15. The first-order valence-electron chi connectivity index (χ1n) is 6.67. The highest BCUT2D eigenvalue weighted by atomic mass is 16.5. The fourth-order valence-electron chi connectivity index (χ4n) is 1.81. The van der Waals surface area contributed by atoms with Crippen molar-refractivity contribution >= 4 is 5.91 Å². The van der Waals surface area contributed by atoms with Gasteiger partial charge in [0.2, 0.25) is 5.89 Å². The molecule has 0 saturated heterocycles. The van der Waals surface area contributed by atoms with Crippen molar-refractivity contribution in [3.8, 4) is 11.5 Å². The number of hydrogen-bond donors (Lipinski definition) is 2. The molecule has 0 aliphatic rings. The van der Waals surface area contributed by atoms with Gasteiger partial charge in [-0.15, -0.1) is 0 Å². The van der Waals surface area contributed by atoms with E-state index in [4.69, 9.17) is 9.15 Å². The predicted octanol–water partition coefficient (Wildman–Crippen LogP) is 1.47. The summed E-state index contributed by atoms with van der Waals surface area (Å²) in [5.41, 5.74) is 1.03. The Morgan fingerprint density at radius 3 is 2.90 bits per heavy atom. The van der Waals surface area contributed by atoms with Crippen LogP contribution in [-0.4, -0.2) is 42.4 Å². The topological polar surface area (TPSA) is 84.6 Å². The van der Waals surface area contributed by atoms with Gasteiger partial charge in [-0.3, -0.25) is 4.79 Å². The van der Waals surface area contributed by atoms with Gasteiger partial charge < -0.3 is 19.6 Å². The highest BCUT2D eigenvalue weighted by Gasteiger charge is 2.13. The number of oxazole rings is 1. The second-order valence-corrected chi connectivity index (χ2v) is 4.56. The smallest absolute Gasteiger partial charge is 0.273 e. The standard InChI is InChI=1S/C15H18N2O4/c1-20-9-12(18)7-8-16-14(19)13-10-21-15(17-13)11-5-3-2-4-6-11/h2-6,10,12,18H,7-9H2,1H3,(H,16,19). The van der Waals surface area contributed by atoms with E-state index in [1.807, 2.05) is 30.3 Å². The number of aliphatic hydroxyl groups is 1. The molecule has 2 N–H and O–H groups in total. The molecule has 112 valence electrons. The van der Waals surface area contributed by atoms with Gasteiger partial charge in [0.25, 0.3) is 5.91 Å². The lowest BCUT2D eigenvalue weighted by Crippen LogP contribution is -2.28. The average molecular weight is 290 g/mol. The van der Waals surface area contributed by atoms with E-state index in [0.717, 1.165) is 5.56 Å². The molecule has 0 aliphatic heterocycles. The van der Waals surface area contributed by atoms with Crippen LogP contribution in [0.1, 0.15) is 16.9 Å². The van der Waals surface area contributed by atoms with Crippen molar-refractivity contribution in [2.24, 2.45) is 0 Å². The number of hydrogen-bond acceptors (Lipinski definition) is 5. The van der Waals surface area contributed by atoms with Crippen molar-refractivity contribution in [2.45, 2.75) is 12.5 Å². The van der Waals surface area contributed by atoms with E-state index in [1.54, 1.807) is 0 Å². The van der Waals surface area contributed by atoms with Gasteiger partial charge in [-0.05, 0) is 18.6 Å². The SMILES string of the molecule is COCC(O)CCNC(=O)c1coc(-c2ccccc2)n1. The van der Waals surface area contributed by atoms with Crippen LogP contribution in [0.2, 0.25) is 0 Å². The molecule has 1 aromatic heterocycles. The Bertz CT molecular complexity index is 568. The summed E-state index contributed by atoms with van der Waals surface area (Å²) >= 11 is 0. The molecule has 1 heterocycles. The minimum Gasteiger partial charge on any atom is -0.444 e. The van der Waals surface area contributed by atoms with Gasteiger partial charge in [-0.25, -0.2) is 4.98 Å². The third-order valence-corrected chi connectivity index (χ3v) is 2.88. The van der Waals surface area contributed by atoms with Crippen LogP contribution in [0.4, 0.5) is 0 Å². The molecule has 0 fully saturated rings. The monoisotopic (exact) mass is 290 g/mol. The number of rotatable bonds is 7. The Morgan fingerprint density at radius 2 is 2.19 bits per heavy atom. The number of carbonyl (C=O) groups is 1. The first-order chi connectivity index (χ1) is 10.2. The number of carbonyl (C=O) groups excluding carboxylic acids is 1. The van der Waals surface area contributed by atoms with Crippen LogP contribution in [0.3, 0.4) is 0 Å². The van der Waals surface area contributed by atoms with Crippen molar-refractivity contribution in [1.29, 1.82) is 0 Å². The highest BCUT2D eigenvalue weighted by molar-refractivity contribution is 5.92. The number of nitrogens with zero attached hydrogens (tertiary/aromatic N) is 1. The van der Waals surface area contributed by atoms with Crippen LogP contribution in [-0.2, 0) is 4.74 Å². The van der Waals surface area contributed by atoms with Crippen LogP contribution >= 0.6 is 0 Å². The van der Waals surface area contributed by atoms with Gasteiger partial charge in [0.05, 0.1) is 12.7 Å². The summed E-state index contributed by atoms with van der Waals surface area (Å²) in [5, 5.41) is 12.2. The van der Waals surface area contributed by atoms with Gasteiger partial charge in [0, 0.05) is 19.2 Å². The Morgan fingerprint density at radius 1 is 1.43 bits per heavy atom. The number of aromatic nitrogens is 1. The summed E-state index contributed by atoms with van der Waals surface area (Å²) in [7, 11) is 1.52. The molecule has 0 spiro atoms. The maximum atomic E-state index is 11.9. The number of methoxy groups -OCH3 is 1. The van der Waals surface area contributed by atoms with E-state index in [9.17, 15) is 9.90 Å². The van der Waals surface area contributed by atoms with E-state index in [0.29, 0.717) is 18.9 Å². The van der Waals surface area contributed by atoms with Gasteiger partial charge >= 0.3 is 0 Å². The van der Waals surface area contributed by atoms with Crippen LogP contribution in [0, 0.1) is 0 Å². The van der Waals surface area contributed by atoms with Crippen LogP contribution in [0.15, 0.2) is 41.0 Å². The number of benzene rings is 1. The fourth-order valence-corrected chi connectivity index (χ4v) is 1.81. The Hall–Kier alpha value is -2.18. The molecule has 1 unspecified atom stereocenters. The average Bonchev–Trinajstić information content (AvgIpc) is 2.98. The zero-order valence-electron chi connectivity index (χ0n) is 11.8. The summed E-state index contributed by atoms with van der Waals surface area (Å²) in [6.45, 7) is 0.592. The third-order valence-electron chi connectivity index (χ3n) is 2.88. The van der Waals surface area contributed by atoms with E-state index in [1.165, 1.54) is 13.4 Å². The minimum absolute atomic E-state index is 0.218. The largest absolute Gasteiger partial charge is 0.444 e. The van der Waals surface area contributed by atoms with Crippen molar-refractivity contribution < 1.29 is 19.1 Å². The molecule has 0 saturated carbocycles. The quantitative estimate of drug-likeness (QED) is 0.806. The van der Waals surface area contributed by atoms with Gasteiger partial charge in [-0.2, -0.15) is 0 Å². The second kappa shape index (κ2) is 7.56. The molecule has 0 aliphatic carbocycles. The normalized spacial score (nSPS) is 12.1. The third kappa shape index (κ3) is 4.40. The molecular weight excluding hydrogens is 272 g/mol. The molecule has 6 nitrogen and oxygen atoms in total. The van der Waals surface area contributed by atoms with Crippen molar-refractivity contribution in [2.75, 3.05) is 20.3 Å². The maximum Gasteiger partial charge on any atom is 0.273 e. The van der Waals surface area contributed by atoms with Crippen molar-refractivity contribution in [3.05, 3.63) is 42.3 Å².